The highest BCUT2D eigenvalue weighted by atomic mass is 35.5. The van der Waals surface area contributed by atoms with Crippen molar-refractivity contribution in [2.75, 3.05) is 18.4 Å². The van der Waals surface area contributed by atoms with Gasteiger partial charge in [0.05, 0.1) is 41.3 Å². The number of fused-ring (bicyclic) bond motifs is 1. The van der Waals surface area contributed by atoms with Crippen LogP contribution in [0.3, 0.4) is 0 Å². The molecule has 5 heterocycles. The number of hydrogen-bond donors (Lipinski definition) is 10. The minimum atomic E-state index is -1.47. The Bertz CT molecular complexity index is 3430. The minimum Gasteiger partial charge on any atom is -0.472 e. The Hall–Kier alpha value is -7.39. The van der Waals surface area contributed by atoms with Gasteiger partial charge in [-0.15, -0.1) is 0 Å². The van der Waals surface area contributed by atoms with Crippen molar-refractivity contribution in [2.24, 2.45) is 28.4 Å². The van der Waals surface area contributed by atoms with Crippen molar-refractivity contribution in [2.45, 2.75) is 269 Å². The second-order valence-corrected chi connectivity index (χ2v) is 31.3. The van der Waals surface area contributed by atoms with Crippen molar-refractivity contribution in [3.8, 4) is 11.8 Å². The van der Waals surface area contributed by atoms with Crippen LogP contribution < -0.4 is 52.4 Å². The van der Waals surface area contributed by atoms with Crippen molar-refractivity contribution in [3.63, 3.8) is 0 Å². The van der Waals surface area contributed by atoms with E-state index in [1.165, 1.54) is 22.2 Å². The van der Waals surface area contributed by atoms with Crippen molar-refractivity contribution in [1.82, 2.24) is 56.7 Å². The molecule has 554 valence electrons. The molecule has 10 rings (SSSR count). The lowest BCUT2D eigenvalue weighted by Crippen LogP contribution is -2.61. The molecule has 28 heteroatoms. The van der Waals surface area contributed by atoms with Crippen LogP contribution in [0.2, 0.25) is 10.0 Å². The number of nitrogens with two attached hydrogens (primary N) is 1. The van der Waals surface area contributed by atoms with E-state index >= 15 is 0 Å². The summed E-state index contributed by atoms with van der Waals surface area (Å²) in [5.74, 6) is -3.16. The predicted molar refractivity (Wildman–Crippen MR) is 381 cm³/mol. The van der Waals surface area contributed by atoms with Crippen LogP contribution in [-0.4, -0.2) is 180 Å². The van der Waals surface area contributed by atoms with Gasteiger partial charge in [0.1, 0.15) is 47.9 Å². The van der Waals surface area contributed by atoms with E-state index in [9.17, 15) is 48.6 Å². The number of amides is 8. The number of nitrogens with one attached hydrogen (secondary N) is 7. The molecule has 0 bridgehead atoms. The lowest BCUT2D eigenvalue weighted by atomic mass is 9.82. The van der Waals surface area contributed by atoms with Crippen LogP contribution in [0.4, 0.5) is 6.01 Å². The Balaban J connectivity index is 0.000000239. The van der Waals surface area contributed by atoms with Crippen LogP contribution in [-0.2, 0) is 38.4 Å². The monoisotopic (exact) mass is 1440 g/mol. The molecule has 6 fully saturated rings. The summed E-state index contributed by atoms with van der Waals surface area (Å²) in [4.78, 5) is 126. The summed E-state index contributed by atoms with van der Waals surface area (Å²) in [5, 5.41) is 43.3. The zero-order valence-electron chi connectivity index (χ0n) is 59.5. The summed E-state index contributed by atoms with van der Waals surface area (Å²) < 4.78 is 18.2. The van der Waals surface area contributed by atoms with Crippen LogP contribution in [0.25, 0.3) is 11.1 Å². The van der Waals surface area contributed by atoms with E-state index in [4.69, 9.17) is 42.8 Å². The average Bonchev–Trinajstić information content (AvgIpc) is 1.49. The van der Waals surface area contributed by atoms with Gasteiger partial charge in [0, 0.05) is 49.5 Å². The summed E-state index contributed by atoms with van der Waals surface area (Å²) in [7, 11) is 0. The largest absolute Gasteiger partial charge is 0.472 e. The smallest absolute Gasteiger partial charge is 0.296 e. The Morgan fingerprint density at radius 3 is 1.43 bits per heavy atom. The first-order valence-corrected chi connectivity index (χ1v) is 37.1. The highest BCUT2D eigenvalue weighted by Gasteiger charge is 2.50. The van der Waals surface area contributed by atoms with E-state index < -0.39 is 119 Å². The number of anilines is 1. The van der Waals surface area contributed by atoms with Crippen molar-refractivity contribution in [3.05, 3.63) is 71.0 Å². The molecule has 0 radical (unpaired) electrons. The van der Waals surface area contributed by atoms with Crippen molar-refractivity contribution < 1.29 is 62.5 Å². The molecule has 12 atom stereocenters. The fraction of sp³-hybridized carbons (Fsp3) is 0.658. The second kappa shape index (κ2) is 35.2. The predicted octanol–water partition coefficient (Wildman–Crippen LogP) is 7.19. The number of hydrogen-bond acceptors (Lipinski definition) is 18. The number of aliphatic hydroxyl groups is 2. The first kappa shape index (κ1) is 77.8. The Kier molecular flexibility index (Phi) is 27.1. The van der Waals surface area contributed by atoms with Gasteiger partial charge < -0.3 is 76.9 Å². The van der Waals surface area contributed by atoms with Crippen LogP contribution in [0.5, 0.6) is 11.8 Å². The molecule has 0 spiro atoms. The first-order chi connectivity index (χ1) is 48.1. The molecule has 2 saturated heterocycles. The third-order valence-corrected chi connectivity index (χ3v) is 20.4. The van der Waals surface area contributed by atoms with E-state index in [1.807, 2.05) is 79.7 Å². The minimum absolute atomic E-state index is 0.0199. The molecule has 4 saturated carbocycles. The molecule has 4 aromatic rings. The van der Waals surface area contributed by atoms with Crippen LogP contribution >= 0.6 is 23.2 Å². The van der Waals surface area contributed by atoms with Gasteiger partial charge in [0.2, 0.25) is 47.2 Å². The summed E-state index contributed by atoms with van der Waals surface area (Å²) in [6.07, 6.45) is 14.0. The standard InChI is InChI=1S/C40H54ClN7O7.C33H51ClN6O6/c1-5-11-28(33(49)37(52)43-25-17-18-25)44-35(50)29-20-26(54-31-19-16-24(41)21-42-31)22-48(29)38(53)34(40(2,3)4)47-36(51)32(23-12-7-6-8-13-23)46-39-45-27-14-9-10-15-30(27)55-39;1-5-9-23(27(41)31(44)37-21-13-14-21)38-29(42)24-16-22(46-25-15-12-20(34)17-36-25)18-40(24)32(45)28(33(2,3)4)39-30(43)26(35)19-10-7-6-8-11-19/h9-10,14-16,19,21,23,25-26,28-29,32-34,49H,5-8,11-13,17-18,20,22H2,1-4H3,(H,43,52)(H,44,50)(H,45,46)(H,47,51);12,15,17,19,21-24,26-28,41H,5-11,13-14,16,18,35H2,1-4H3,(H,37,44)(H,38,42)(H,39,43)/t26-,28+,29+,32+,33?,34-;22-,23+,24+,26+,27?,28-/m11/s1. The number of aliphatic hydroxyl groups excluding tert-OH is 2. The van der Waals surface area contributed by atoms with E-state index in [2.05, 4.69) is 52.2 Å². The van der Waals surface area contributed by atoms with Gasteiger partial charge in [0.15, 0.2) is 17.8 Å². The van der Waals surface area contributed by atoms with Crippen LogP contribution in [0.1, 0.15) is 184 Å². The maximum Gasteiger partial charge on any atom is 0.296 e. The fourth-order valence-electron chi connectivity index (χ4n) is 13.9. The lowest BCUT2D eigenvalue weighted by molar-refractivity contribution is -0.145. The molecule has 2 unspecified atom stereocenters. The quantitative estimate of drug-likeness (QED) is 0.0269. The Labute approximate surface area is 602 Å². The van der Waals surface area contributed by atoms with E-state index in [0.717, 1.165) is 89.9 Å². The summed E-state index contributed by atoms with van der Waals surface area (Å²) >= 11 is 12.0. The van der Waals surface area contributed by atoms with Gasteiger partial charge in [-0.3, -0.25) is 38.4 Å². The normalized spacial score (nSPS) is 22.1. The number of carbonyl (C=O) groups is 8. The molecular weight excluding hydrogens is 1340 g/mol. The zero-order chi connectivity index (χ0) is 72.9. The maximum absolute atomic E-state index is 14.8. The summed E-state index contributed by atoms with van der Waals surface area (Å²) in [6.45, 7) is 15.0. The number of benzene rings is 1. The van der Waals surface area contributed by atoms with Crippen LogP contribution in [0.15, 0.2) is 65.3 Å². The molecule has 101 heavy (non-hydrogen) atoms. The number of halogens is 2. The van der Waals surface area contributed by atoms with E-state index in [1.54, 1.807) is 24.3 Å². The Morgan fingerprint density at radius 1 is 0.584 bits per heavy atom. The number of likely N-dealkylation sites (tertiary alicyclic amines) is 2. The number of rotatable bonds is 28. The number of nitrogens with zero attached hydrogens (tertiary/aromatic N) is 5. The molecule has 2 aliphatic heterocycles. The van der Waals surface area contributed by atoms with Gasteiger partial charge in [-0.05, 0) is 111 Å². The highest BCUT2D eigenvalue weighted by molar-refractivity contribution is 6.30. The number of pyridine rings is 2. The SMILES string of the molecule is CCC[C@H](NC(=O)[C@@H]1C[C@@H](Oc2ccc(Cl)cn2)CN1C(=O)[C@@H](NC(=O)[C@@H](N)C1CCCCC1)C(C)(C)C)C(O)C(=O)NC1CC1.CCC[C@H](NC(=O)[C@@H]1C[C@@H](Oc2ccc(Cl)cn2)CN1C(=O)[C@@H](NC(=O)[C@@H](Nc1nc2ccccc2o1)C1CCCCC1)C(C)(C)C)C(O)C(=O)NC1CC1. The molecule has 8 amide bonds. The summed E-state index contributed by atoms with van der Waals surface area (Å²) in [5.41, 5.74) is 6.18. The maximum atomic E-state index is 14.8. The van der Waals surface area contributed by atoms with Crippen molar-refractivity contribution >= 4 is 87.6 Å². The topological polar surface area (TPSA) is 364 Å². The highest BCUT2D eigenvalue weighted by Crippen LogP contribution is 2.35. The summed E-state index contributed by atoms with van der Waals surface area (Å²) in [6, 6.07) is 6.96. The number of oxazole rings is 1. The molecule has 11 N–H and O–H groups in total. The molecule has 1 aromatic carbocycles. The van der Waals surface area contributed by atoms with Gasteiger partial charge in [-0.25, -0.2) is 9.97 Å². The number of ether oxygens (including phenoxy) is 2. The van der Waals surface area contributed by atoms with Gasteiger partial charge in [-0.1, -0.05) is 142 Å². The number of carbonyl (C=O) groups excluding carboxylic acids is 8. The Morgan fingerprint density at radius 2 is 1.02 bits per heavy atom. The lowest BCUT2D eigenvalue weighted by Gasteiger charge is -2.37. The van der Waals surface area contributed by atoms with Crippen LogP contribution in [0, 0.1) is 22.7 Å². The fourth-order valence-corrected chi connectivity index (χ4v) is 14.1. The zero-order valence-corrected chi connectivity index (χ0v) is 61.0. The number of aromatic nitrogens is 3. The molecule has 4 aliphatic carbocycles. The molecule has 3 aromatic heterocycles. The molecule has 6 aliphatic rings. The second-order valence-electron chi connectivity index (χ2n) is 30.4. The average molecular weight is 1440 g/mol. The van der Waals surface area contributed by atoms with Crippen molar-refractivity contribution in [1.29, 1.82) is 0 Å². The van der Waals surface area contributed by atoms with Gasteiger partial charge in [0.25, 0.3) is 17.8 Å². The van der Waals surface area contributed by atoms with E-state index in [-0.39, 0.29) is 79.4 Å². The van der Waals surface area contributed by atoms with Gasteiger partial charge in [-0.2, -0.15) is 4.98 Å². The third kappa shape index (κ3) is 21.6. The first-order valence-electron chi connectivity index (χ1n) is 36.3. The molecule has 26 nitrogen and oxygen atoms in total. The third-order valence-electron chi connectivity index (χ3n) is 19.9. The molecular formula is C73H105Cl2N13O13. The number of para-hydroxylation sites is 2. The van der Waals surface area contributed by atoms with E-state index in [0.29, 0.717) is 46.8 Å². The van der Waals surface area contributed by atoms with Gasteiger partial charge >= 0.3 is 0 Å².